The van der Waals surface area contributed by atoms with Crippen LogP contribution in [-0.4, -0.2) is 29.2 Å². The van der Waals surface area contributed by atoms with Gasteiger partial charge in [0.2, 0.25) is 0 Å². The molecule has 0 radical (unpaired) electrons. The van der Waals surface area contributed by atoms with Gasteiger partial charge >= 0.3 is 0 Å². The second-order valence-electron chi connectivity index (χ2n) is 6.67. The molecule has 0 bridgehead atoms. The van der Waals surface area contributed by atoms with Crippen LogP contribution in [0.25, 0.3) is 31.8 Å². The molecule has 0 unspecified atom stereocenters. The minimum Gasteiger partial charge on any atom is -0.496 e. The average molecular weight is 379 g/mol. The first-order valence-corrected chi connectivity index (χ1v) is 9.53. The third-order valence-electron chi connectivity index (χ3n) is 4.79. The summed E-state index contributed by atoms with van der Waals surface area (Å²) in [5.74, 6) is 0.897. The number of aryl methyl sites for hydroxylation is 2. The monoisotopic (exact) mass is 379 g/mol. The second-order valence-corrected chi connectivity index (χ2v) is 7.70. The van der Waals surface area contributed by atoms with Crippen LogP contribution in [0.1, 0.15) is 22.4 Å². The normalized spacial score (nSPS) is 11.4. The van der Waals surface area contributed by atoms with Gasteiger partial charge in [-0.25, -0.2) is 9.97 Å². The van der Waals surface area contributed by atoms with Crippen molar-refractivity contribution < 1.29 is 9.47 Å². The number of hydrogen-bond acceptors (Lipinski definition) is 6. The fourth-order valence-corrected chi connectivity index (χ4v) is 4.37. The van der Waals surface area contributed by atoms with Gasteiger partial charge in [0.1, 0.15) is 10.8 Å². The third kappa shape index (κ3) is 3.05. The zero-order valence-electron chi connectivity index (χ0n) is 16.1. The van der Waals surface area contributed by atoms with Crippen LogP contribution in [-0.2, 0) is 11.3 Å². The molecule has 4 aromatic rings. The molecule has 5 nitrogen and oxygen atoms in total. The summed E-state index contributed by atoms with van der Waals surface area (Å²) in [4.78, 5) is 14.3. The zero-order valence-corrected chi connectivity index (χ0v) is 16.9. The number of nitrogens with zero attached hydrogens (tertiary/aromatic N) is 3. The van der Waals surface area contributed by atoms with Crippen molar-refractivity contribution in [2.45, 2.75) is 27.4 Å². The summed E-state index contributed by atoms with van der Waals surface area (Å²) in [6.07, 6.45) is 1.77. The number of benzene rings is 2. The molecule has 0 aliphatic rings. The molecule has 0 aliphatic heterocycles. The van der Waals surface area contributed by atoms with Gasteiger partial charge in [0, 0.05) is 12.7 Å². The average Bonchev–Trinajstić information content (AvgIpc) is 3.08. The number of hydrogen-bond donors (Lipinski definition) is 0. The smallest absolute Gasteiger partial charge is 0.126 e. The lowest BCUT2D eigenvalue weighted by atomic mass is 10.1. The first kappa shape index (κ1) is 17.8. The molecule has 0 amide bonds. The van der Waals surface area contributed by atoms with E-state index in [0.29, 0.717) is 6.61 Å². The minimum absolute atomic E-state index is 0.450. The first-order chi connectivity index (χ1) is 13.0. The highest BCUT2D eigenvalue weighted by Gasteiger charge is 2.16. The van der Waals surface area contributed by atoms with Gasteiger partial charge in [0.05, 0.1) is 46.9 Å². The van der Waals surface area contributed by atoms with Crippen LogP contribution in [0.2, 0.25) is 0 Å². The molecular formula is C21H21N3O2S. The Labute approximate surface area is 162 Å². The van der Waals surface area contributed by atoms with Crippen molar-refractivity contribution in [3.05, 3.63) is 46.8 Å². The molecule has 0 aliphatic carbocycles. The fraction of sp³-hybridized carbons (Fsp3) is 0.286. The quantitative estimate of drug-likeness (QED) is 0.500. The van der Waals surface area contributed by atoms with E-state index in [-0.39, 0.29) is 0 Å². The number of methoxy groups -OCH3 is 2. The van der Waals surface area contributed by atoms with Crippen LogP contribution < -0.4 is 4.74 Å². The van der Waals surface area contributed by atoms with Crippen molar-refractivity contribution in [1.82, 2.24) is 15.0 Å². The van der Waals surface area contributed by atoms with Crippen molar-refractivity contribution in [1.29, 1.82) is 0 Å². The van der Waals surface area contributed by atoms with Crippen molar-refractivity contribution in [3.63, 3.8) is 0 Å². The van der Waals surface area contributed by atoms with E-state index in [1.807, 2.05) is 0 Å². The number of thiazole rings is 1. The van der Waals surface area contributed by atoms with Crippen LogP contribution in [0.5, 0.6) is 5.75 Å². The van der Waals surface area contributed by atoms with Gasteiger partial charge < -0.3 is 9.47 Å². The highest BCUT2D eigenvalue weighted by atomic mass is 32.1. The number of aromatic nitrogens is 3. The molecule has 2 aromatic carbocycles. The van der Waals surface area contributed by atoms with E-state index in [2.05, 4.69) is 44.0 Å². The number of ether oxygens (including phenoxy) is 2. The number of fused-ring (bicyclic) bond motifs is 2. The maximum absolute atomic E-state index is 5.52. The van der Waals surface area contributed by atoms with Gasteiger partial charge in [-0.15, -0.1) is 11.3 Å². The molecule has 138 valence electrons. The molecule has 0 N–H and O–H groups in total. The van der Waals surface area contributed by atoms with Crippen molar-refractivity contribution in [2.24, 2.45) is 0 Å². The zero-order chi connectivity index (χ0) is 19.1. The molecule has 27 heavy (non-hydrogen) atoms. The highest BCUT2D eigenvalue weighted by Crippen LogP contribution is 2.38. The Morgan fingerprint density at radius 1 is 0.963 bits per heavy atom. The second kappa shape index (κ2) is 6.87. The van der Waals surface area contributed by atoms with E-state index in [4.69, 9.17) is 19.4 Å². The molecule has 6 heteroatoms. The predicted molar refractivity (Wildman–Crippen MR) is 110 cm³/mol. The molecule has 0 saturated carbocycles. The van der Waals surface area contributed by atoms with Gasteiger partial charge in [-0.2, -0.15) is 0 Å². The third-order valence-corrected chi connectivity index (χ3v) is 5.82. The SMILES string of the molecule is COCc1cnc2c(-c3nc4c(C)c(C)c(OC)cc4s3)cc(C)cc2n1. The summed E-state index contributed by atoms with van der Waals surface area (Å²) >= 11 is 1.66. The molecule has 0 atom stereocenters. The largest absolute Gasteiger partial charge is 0.496 e. The Morgan fingerprint density at radius 2 is 1.78 bits per heavy atom. The van der Waals surface area contributed by atoms with Crippen LogP contribution in [0.3, 0.4) is 0 Å². The Hall–Kier alpha value is -2.57. The lowest BCUT2D eigenvalue weighted by molar-refractivity contribution is 0.181. The Bertz CT molecular complexity index is 1170. The van der Waals surface area contributed by atoms with Crippen LogP contribution in [0, 0.1) is 20.8 Å². The lowest BCUT2D eigenvalue weighted by Gasteiger charge is -2.07. The Kier molecular flexibility index (Phi) is 4.53. The molecule has 2 aromatic heterocycles. The van der Waals surface area contributed by atoms with Crippen molar-refractivity contribution in [3.8, 4) is 16.3 Å². The summed E-state index contributed by atoms with van der Waals surface area (Å²) in [6.45, 7) is 6.68. The van der Waals surface area contributed by atoms with E-state index in [1.54, 1.807) is 31.8 Å². The van der Waals surface area contributed by atoms with Crippen molar-refractivity contribution >= 4 is 32.6 Å². The molecule has 0 fully saturated rings. The van der Waals surface area contributed by atoms with E-state index in [9.17, 15) is 0 Å². The predicted octanol–water partition coefficient (Wildman–Crippen LogP) is 4.99. The summed E-state index contributed by atoms with van der Waals surface area (Å²) < 4.78 is 11.8. The summed E-state index contributed by atoms with van der Waals surface area (Å²) in [6, 6.07) is 6.25. The van der Waals surface area contributed by atoms with E-state index in [0.717, 1.165) is 60.0 Å². The summed E-state index contributed by atoms with van der Waals surface area (Å²) in [7, 11) is 3.37. The van der Waals surface area contributed by atoms with E-state index >= 15 is 0 Å². The van der Waals surface area contributed by atoms with E-state index < -0.39 is 0 Å². The maximum atomic E-state index is 5.52. The maximum Gasteiger partial charge on any atom is 0.126 e. The van der Waals surface area contributed by atoms with Gasteiger partial charge in [-0.05, 0) is 55.7 Å². The first-order valence-electron chi connectivity index (χ1n) is 8.72. The highest BCUT2D eigenvalue weighted by molar-refractivity contribution is 7.21. The van der Waals surface area contributed by atoms with E-state index in [1.165, 1.54) is 0 Å². The van der Waals surface area contributed by atoms with Gasteiger partial charge in [0.15, 0.2) is 0 Å². The molecule has 0 spiro atoms. The molecular weight excluding hydrogens is 358 g/mol. The van der Waals surface area contributed by atoms with Crippen molar-refractivity contribution in [2.75, 3.05) is 14.2 Å². The summed E-state index contributed by atoms with van der Waals surface area (Å²) in [5, 5.41) is 0.947. The van der Waals surface area contributed by atoms with Crippen LogP contribution in [0.4, 0.5) is 0 Å². The molecule has 2 heterocycles. The lowest BCUT2D eigenvalue weighted by Crippen LogP contribution is -1.96. The van der Waals surface area contributed by atoms with Gasteiger partial charge in [0.25, 0.3) is 0 Å². The Balaban J connectivity index is 1.95. The topological polar surface area (TPSA) is 57.1 Å². The van der Waals surface area contributed by atoms with Crippen LogP contribution in [0.15, 0.2) is 24.4 Å². The van der Waals surface area contributed by atoms with Crippen LogP contribution >= 0.6 is 11.3 Å². The Morgan fingerprint density at radius 3 is 2.52 bits per heavy atom. The minimum atomic E-state index is 0.450. The molecule has 0 saturated heterocycles. The molecule has 4 rings (SSSR count). The standard InChI is InChI=1S/C21H21N3O2S/c1-11-6-15(20-16(7-11)23-14(9-22-20)10-25-4)21-24-19-13(3)12(2)17(26-5)8-18(19)27-21/h6-9H,10H2,1-5H3. The fourth-order valence-electron chi connectivity index (χ4n) is 3.30. The number of rotatable bonds is 4. The summed E-state index contributed by atoms with van der Waals surface area (Å²) in [5.41, 5.74) is 7.99. The van der Waals surface area contributed by atoms with Gasteiger partial charge in [-0.1, -0.05) is 0 Å². The van der Waals surface area contributed by atoms with Gasteiger partial charge in [-0.3, -0.25) is 4.98 Å².